The van der Waals surface area contributed by atoms with Gasteiger partial charge in [0.25, 0.3) is 0 Å². The normalized spacial score (nSPS) is 50.2. The highest BCUT2D eigenvalue weighted by atomic mass is 16.3. The van der Waals surface area contributed by atoms with E-state index in [2.05, 4.69) is 19.9 Å². The van der Waals surface area contributed by atoms with Crippen molar-refractivity contribution < 1.29 is 20.1 Å². The molecule has 9 atom stereocenters. The summed E-state index contributed by atoms with van der Waals surface area (Å²) in [6.45, 7) is 4.50. The minimum absolute atomic E-state index is 0.0120. The van der Waals surface area contributed by atoms with Crippen LogP contribution in [-0.4, -0.2) is 40.4 Å². The molecule has 0 aromatic carbocycles. The molecule has 3 fully saturated rings. The predicted molar refractivity (Wildman–Crippen MR) is 104 cm³/mol. The molecule has 4 nitrogen and oxygen atoms in total. The van der Waals surface area contributed by atoms with Crippen molar-refractivity contribution in [2.24, 2.45) is 40.4 Å². The van der Waals surface area contributed by atoms with E-state index < -0.39 is 6.10 Å². The average molecular weight is 377 g/mol. The van der Waals surface area contributed by atoms with Crippen LogP contribution in [0.3, 0.4) is 0 Å². The molecule has 4 heteroatoms. The van der Waals surface area contributed by atoms with E-state index in [-0.39, 0.29) is 35.4 Å². The Labute approximate surface area is 163 Å². The molecule has 152 valence electrons. The van der Waals surface area contributed by atoms with E-state index in [9.17, 15) is 20.1 Å². The van der Waals surface area contributed by atoms with Gasteiger partial charge in [0.1, 0.15) is 6.29 Å². The molecule has 0 saturated heterocycles. The van der Waals surface area contributed by atoms with Crippen molar-refractivity contribution in [3.05, 3.63) is 11.6 Å². The number of hydrogen-bond donors (Lipinski definition) is 3. The van der Waals surface area contributed by atoms with Crippen LogP contribution in [0.4, 0.5) is 0 Å². The van der Waals surface area contributed by atoms with E-state index in [1.807, 2.05) is 0 Å². The van der Waals surface area contributed by atoms with Crippen LogP contribution in [0.15, 0.2) is 11.6 Å². The molecule has 4 aliphatic carbocycles. The zero-order valence-corrected chi connectivity index (χ0v) is 16.8. The second-order valence-corrected chi connectivity index (χ2v) is 10.4. The summed E-state index contributed by atoms with van der Waals surface area (Å²) in [7, 11) is 0. The fourth-order valence-corrected chi connectivity index (χ4v) is 7.91. The molecule has 0 radical (unpaired) electrons. The van der Waals surface area contributed by atoms with Gasteiger partial charge in [0, 0.05) is 6.42 Å². The Bertz CT molecular complexity index is 615. The quantitative estimate of drug-likeness (QED) is 0.520. The van der Waals surface area contributed by atoms with Gasteiger partial charge in [-0.25, -0.2) is 0 Å². The lowest BCUT2D eigenvalue weighted by Crippen LogP contribution is -2.56. The minimum atomic E-state index is -0.633. The monoisotopic (exact) mass is 376 g/mol. The van der Waals surface area contributed by atoms with E-state index in [1.165, 1.54) is 12.0 Å². The maximum Gasteiger partial charge on any atom is 0.120 e. The van der Waals surface area contributed by atoms with Gasteiger partial charge in [-0.3, -0.25) is 0 Å². The van der Waals surface area contributed by atoms with Crippen molar-refractivity contribution >= 4 is 6.29 Å². The summed E-state index contributed by atoms with van der Waals surface area (Å²) in [6, 6.07) is 0. The third kappa shape index (κ3) is 2.86. The molecule has 0 heterocycles. The SMILES string of the molecule is C[C@]12C[C@H](O)[C@H]3[C@@H](CC=C4CC(C(O)CO)CC[C@@]43C)[C@@H]1CC[C@@H]2CC=O. The van der Waals surface area contributed by atoms with Crippen LogP contribution in [0, 0.1) is 40.4 Å². The molecule has 3 N–H and O–H groups in total. The third-order valence-electron chi connectivity index (χ3n) is 9.38. The Balaban J connectivity index is 1.63. The maximum absolute atomic E-state index is 11.3. The maximum atomic E-state index is 11.3. The molecule has 0 aromatic heterocycles. The van der Waals surface area contributed by atoms with Crippen molar-refractivity contribution in [1.29, 1.82) is 0 Å². The fourth-order valence-electron chi connectivity index (χ4n) is 7.91. The largest absolute Gasteiger partial charge is 0.394 e. The molecule has 2 unspecified atom stereocenters. The Kier molecular flexibility index (Phi) is 5.05. The van der Waals surface area contributed by atoms with Crippen LogP contribution < -0.4 is 0 Å². The van der Waals surface area contributed by atoms with Crippen molar-refractivity contribution in [1.82, 2.24) is 0 Å². The summed E-state index contributed by atoms with van der Waals surface area (Å²) in [4.78, 5) is 11.2. The van der Waals surface area contributed by atoms with Crippen LogP contribution in [0.25, 0.3) is 0 Å². The van der Waals surface area contributed by atoms with Crippen LogP contribution in [0.2, 0.25) is 0 Å². The lowest BCUT2D eigenvalue weighted by Gasteiger charge is -2.60. The molecule has 0 aromatic rings. The van der Waals surface area contributed by atoms with Gasteiger partial charge in [0.2, 0.25) is 0 Å². The molecule has 0 aliphatic heterocycles. The summed E-state index contributed by atoms with van der Waals surface area (Å²) in [6.07, 6.45) is 10.1. The number of carbonyl (C=O) groups excluding carboxylic acids is 1. The van der Waals surface area contributed by atoms with Crippen LogP contribution in [0.1, 0.15) is 65.2 Å². The predicted octanol–water partition coefficient (Wildman–Crippen LogP) is 3.09. The Morgan fingerprint density at radius 1 is 1.30 bits per heavy atom. The highest BCUT2D eigenvalue weighted by Gasteiger charge is 2.61. The highest BCUT2D eigenvalue weighted by molar-refractivity contribution is 5.50. The minimum Gasteiger partial charge on any atom is -0.394 e. The lowest BCUT2D eigenvalue weighted by molar-refractivity contribution is -0.129. The summed E-state index contributed by atoms with van der Waals surface area (Å²) < 4.78 is 0. The number of carbonyl (C=O) groups is 1. The zero-order chi connectivity index (χ0) is 19.4. The van der Waals surface area contributed by atoms with Gasteiger partial charge in [0.15, 0.2) is 0 Å². The topological polar surface area (TPSA) is 77.8 Å². The number of aliphatic hydroxyl groups excluding tert-OH is 3. The second-order valence-electron chi connectivity index (χ2n) is 10.4. The molecular weight excluding hydrogens is 340 g/mol. The van der Waals surface area contributed by atoms with Crippen molar-refractivity contribution in [2.75, 3.05) is 6.61 Å². The molecule has 0 spiro atoms. The van der Waals surface area contributed by atoms with Crippen LogP contribution in [0.5, 0.6) is 0 Å². The van der Waals surface area contributed by atoms with E-state index in [0.29, 0.717) is 24.2 Å². The lowest BCUT2D eigenvalue weighted by atomic mass is 9.46. The number of hydrogen-bond acceptors (Lipinski definition) is 4. The summed E-state index contributed by atoms with van der Waals surface area (Å²) >= 11 is 0. The number of allylic oxidation sites excluding steroid dienone is 2. The summed E-state index contributed by atoms with van der Waals surface area (Å²) in [5, 5.41) is 30.8. The summed E-state index contributed by atoms with van der Waals surface area (Å²) in [5.41, 5.74) is 1.50. The standard InChI is InChI=1S/C23H36O4/c1-22-9-7-14(20(27)13-25)11-16(22)3-5-17-18-6-4-15(8-10-24)23(18,2)12-19(26)21(17)22/h3,10,14-15,17-21,25-27H,4-9,11-13H2,1-2H3/t14?,15-,17+,18+,19+,20?,21-,22+,23-/m1/s1. The average Bonchev–Trinajstić information content (AvgIpc) is 2.96. The van der Waals surface area contributed by atoms with E-state index >= 15 is 0 Å². The first-order valence-electron chi connectivity index (χ1n) is 10.9. The molecule has 4 rings (SSSR count). The number of rotatable bonds is 4. The van der Waals surface area contributed by atoms with Gasteiger partial charge in [-0.05, 0) is 85.4 Å². The van der Waals surface area contributed by atoms with Gasteiger partial charge in [0.05, 0.1) is 18.8 Å². The van der Waals surface area contributed by atoms with Crippen LogP contribution in [-0.2, 0) is 4.79 Å². The van der Waals surface area contributed by atoms with Gasteiger partial charge in [-0.2, -0.15) is 0 Å². The first-order chi connectivity index (χ1) is 12.8. The van der Waals surface area contributed by atoms with E-state index in [4.69, 9.17) is 0 Å². The molecule has 4 aliphatic rings. The van der Waals surface area contributed by atoms with Crippen molar-refractivity contribution in [2.45, 2.75) is 77.4 Å². The third-order valence-corrected chi connectivity index (χ3v) is 9.38. The van der Waals surface area contributed by atoms with Crippen LogP contribution >= 0.6 is 0 Å². The number of fused-ring (bicyclic) bond motifs is 5. The summed E-state index contributed by atoms with van der Waals surface area (Å²) in [5.74, 6) is 1.96. The Hall–Kier alpha value is -0.710. The van der Waals surface area contributed by atoms with Crippen molar-refractivity contribution in [3.63, 3.8) is 0 Å². The molecule has 27 heavy (non-hydrogen) atoms. The fraction of sp³-hybridized carbons (Fsp3) is 0.870. The van der Waals surface area contributed by atoms with E-state index in [1.54, 1.807) is 0 Å². The molecule has 3 saturated carbocycles. The first kappa shape index (κ1) is 19.6. The van der Waals surface area contributed by atoms with Crippen molar-refractivity contribution in [3.8, 4) is 0 Å². The number of aldehydes is 1. The first-order valence-corrected chi connectivity index (χ1v) is 10.9. The van der Waals surface area contributed by atoms with Gasteiger partial charge in [-0.1, -0.05) is 25.5 Å². The highest BCUT2D eigenvalue weighted by Crippen LogP contribution is 2.66. The molecule has 0 amide bonds. The van der Waals surface area contributed by atoms with E-state index in [0.717, 1.165) is 44.8 Å². The van der Waals surface area contributed by atoms with Gasteiger partial charge < -0.3 is 20.1 Å². The number of aliphatic hydroxyl groups is 3. The molecule has 0 bridgehead atoms. The second kappa shape index (κ2) is 6.96. The smallest absolute Gasteiger partial charge is 0.120 e. The Morgan fingerprint density at radius 2 is 2.07 bits per heavy atom. The Morgan fingerprint density at radius 3 is 2.78 bits per heavy atom. The zero-order valence-electron chi connectivity index (χ0n) is 16.8. The van der Waals surface area contributed by atoms with Gasteiger partial charge >= 0.3 is 0 Å². The molecular formula is C23H36O4. The van der Waals surface area contributed by atoms with Gasteiger partial charge in [-0.15, -0.1) is 0 Å².